The van der Waals surface area contributed by atoms with Crippen LogP contribution in [0.5, 0.6) is 0 Å². The molecule has 1 fully saturated rings. The van der Waals surface area contributed by atoms with Gasteiger partial charge < -0.3 is 14.8 Å². The fourth-order valence-electron chi connectivity index (χ4n) is 6.95. The normalized spacial score (nSPS) is 19.0. The lowest BCUT2D eigenvalue weighted by Gasteiger charge is -2.35. The number of hydrazine groups is 1. The third kappa shape index (κ3) is 4.43. The molecule has 0 unspecified atom stereocenters. The SMILES string of the molecule is CCc1nc(C)ccc1-c1cc(N2CC3=C(CN(C=O)C3)N2CC)c(F)c2cc(C3=CCCNC3)n(CC3CC3)c12. The van der Waals surface area contributed by atoms with Crippen molar-refractivity contribution >= 4 is 28.6 Å². The van der Waals surface area contributed by atoms with Crippen molar-refractivity contribution in [2.75, 3.05) is 44.3 Å². The second kappa shape index (κ2) is 10.3. The molecule has 0 atom stereocenters. The van der Waals surface area contributed by atoms with Crippen LogP contribution in [0.25, 0.3) is 27.6 Å². The summed E-state index contributed by atoms with van der Waals surface area (Å²) in [5.74, 6) is 0.467. The first-order valence-electron chi connectivity index (χ1n) is 15.2. The number of hydrogen-bond donors (Lipinski definition) is 1. The van der Waals surface area contributed by atoms with Crippen LogP contribution in [-0.2, 0) is 17.8 Å². The lowest BCUT2D eigenvalue weighted by atomic mass is 9.98. The number of rotatable bonds is 8. The van der Waals surface area contributed by atoms with Crippen LogP contribution in [0, 0.1) is 18.7 Å². The minimum Gasteiger partial charge on any atom is -0.340 e. The Balaban J connectivity index is 1.46. The van der Waals surface area contributed by atoms with Gasteiger partial charge in [-0.05, 0) is 81.3 Å². The van der Waals surface area contributed by atoms with E-state index in [2.05, 4.69) is 64.1 Å². The summed E-state index contributed by atoms with van der Waals surface area (Å²) in [7, 11) is 0. The molecule has 8 heteroatoms. The Labute approximate surface area is 241 Å². The molecule has 2 aromatic heterocycles. The van der Waals surface area contributed by atoms with E-state index in [1.165, 1.54) is 24.0 Å². The summed E-state index contributed by atoms with van der Waals surface area (Å²) in [5.41, 5.74) is 10.4. The van der Waals surface area contributed by atoms with Crippen LogP contribution in [0.2, 0.25) is 0 Å². The molecule has 4 aliphatic rings. The monoisotopic (exact) mass is 554 g/mol. The maximum atomic E-state index is 17.0. The van der Waals surface area contributed by atoms with Gasteiger partial charge in [-0.3, -0.25) is 19.8 Å². The van der Waals surface area contributed by atoms with Crippen LogP contribution in [0.3, 0.4) is 0 Å². The lowest BCUT2D eigenvalue weighted by Crippen LogP contribution is -2.41. The minimum atomic E-state index is -0.172. The predicted molar refractivity (Wildman–Crippen MR) is 162 cm³/mol. The second-order valence-corrected chi connectivity index (χ2v) is 11.9. The molecule has 7 rings (SSSR count). The molecule has 7 nitrogen and oxygen atoms in total. The maximum absolute atomic E-state index is 17.0. The molecule has 0 bridgehead atoms. The third-order valence-corrected chi connectivity index (χ3v) is 9.15. The number of aryl methyl sites for hydroxylation is 2. The standard InChI is InChI=1S/C33H39FN6O/c1-4-28-25(11-8-21(3)36-28)26-13-30(40-18-24-17-37(20-41)19-31(24)39(40)5-2)32(34)27-14-29(23-7-6-12-35-15-23)38(33(26)27)16-22-9-10-22/h7-8,11,13-14,20,22,35H,4-6,9-10,12,15-19H2,1-3H3. The lowest BCUT2D eigenvalue weighted by molar-refractivity contribution is -0.117. The predicted octanol–water partition coefficient (Wildman–Crippen LogP) is 5.28. The fraction of sp³-hybridized carbons (Fsp3) is 0.455. The number of carbonyl (C=O) groups is 1. The number of fused-ring (bicyclic) bond motifs is 1. The van der Waals surface area contributed by atoms with Crippen molar-refractivity contribution in [3.8, 4) is 11.1 Å². The summed E-state index contributed by atoms with van der Waals surface area (Å²) in [6.07, 6.45) is 7.48. The Morgan fingerprint density at radius 2 is 1.98 bits per heavy atom. The van der Waals surface area contributed by atoms with Crippen molar-refractivity contribution in [2.24, 2.45) is 5.92 Å². The maximum Gasteiger partial charge on any atom is 0.210 e. The molecule has 214 valence electrons. The van der Waals surface area contributed by atoms with Gasteiger partial charge >= 0.3 is 0 Å². The van der Waals surface area contributed by atoms with E-state index >= 15 is 4.39 Å². The number of hydrogen-bond acceptors (Lipinski definition) is 5. The van der Waals surface area contributed by atoms with Gasteiger partial charge in [-0.15, -0.1) is 0 Å². The van der Waals surface area contributed by atoms with Crippen molar-refractivity contribution in [2.45, 2.75) is 53.0 Å². The molecule has 1 aliphatic carbocycles. The number of halogens is 1. The number of carbonyl (C=O) groups excluding carboxylic acids is 1. The topological polar surface area (TPSA) is 56.6 Å². The molecule has 1 saturated carbocycles. The molecular formula is C33H39FN6O. The molecule has 1 N–H and O–H groups in total. The Hall–Kier alpha value is -3.65. The van der Waals surface area contributed by atoms with E-state index in [9.17, 15) is 4.79 Å². The molecule has 1 amide bonds. The van der Waals surface area contributed by atoms with Crippen LogP contribution in [0.4, 0.5) is 10.1 Å². The highest BCUT2D eigenvalue weighted by atomic mass is 19.1. The molecule has 3 aliphatic heterocycles. The molecule has 0 radical (unpaired) electrons. The van der Waals surface area contributed by atoms with Crippen LogP contribution >= 0.6 is 0 Å². The summed E-state index contributed by atoms with van der Waals surface area (Å²) >= 11 is 0. The zero-order valence-corrected chi connectivity index (χ0v) is 24.3. The van der Waals surface area contributed by atoms with Gasteiger partial charge in [0.15, 0.2) is 5.82 Å². The zero-order valence-electron chi connectivity index (χ0n) is 24.3. The van der Waals surface area contributed by atoms with Crippen molar-refractivity contribution in [1.29, 1.82) is 0 Å². The van der Waals surface area contributed by atoms with Gasteiger partial charge in [0, 0.05) is 59.8 Å². The summed E-state index contributed by atoms with van der Waals surface area (Å²) in [6, 6.07) is 8.43. The van der Waals surface area contributed by atoms with Gasteiger partial charge in [0.05, 0.1) is 30.0 Å². The smallest absolute Gasteiger partial charge is 0.210 e. The quantitative estimate of drug-likeness (QED) is 0.384. The summed E-state index contributed by atoms with van der Waals surface area (Å²) in [6.45, 7) is 11.4. The van der Waals surface area contributed by atoms with E-state index in [4.69, 9.17) is 4.98 Å². The van der Waals surface area contributed by atoms with Crippen LogP contribution in [-0.4, -0.2) is 65.1 Å². The number of aromatic nitrogens is 2. The Kier molecular flexibility index (Phi) is 6.61. The molecule has 5 heterocycles. The van der Waals surface area contributed by atoms with Gasteiger partial charge in [0.25, 0.3) is 0 Å². The molecule has 0 saturated heterocycles. The van der Waals surface area contributed by atoms with Crippen molar-refractivity contribution in [3.63, 3.8) is 0 Å². The number of amides is 1. The highest BCUT2D eigenvalue weighted by Gasteiger charge is 2.37. The van der Waals surface area contributed by atoms with E-state index in [1.807, 2.05) is 6.92 Å². The number of benzene rings is 1. The van der Waals surface area contributed by atoms with E-state index < -0.39 is 0 Å². The van der Waals surface area contributed by atoms with E-state index in [0.717, 1.165) is 78.3 Å². The Morgan fingerprint density at radius 3 is 2.68 bits per heavy atom. The van der Waals surface area contributed by atoms with Crippen LogP contribution in [0.15, 0.2) is 41.6 Å². The van der Waals surface area contributed by atoms with Gasteiger partial charge in [0.1, 0.15) is 0 Å². The highest BCUT2D eigenvalue weighted by Crippen LogP contribution is 2.44. The highest BCUT2D eigenvalue weighted by molar-refractivity contribution is 6.01. The average molecular weight is 555 g/mol. The fourth-order valence-corrected chi connectivity index (χ4v) is 6.95. The Morgan fingerprint density at radius 1 is 1.12 bits per heavy atom. The van der Waals surface area contributed by atoms with Crippen molar-refractivity contribution in [3.05, 3.63) is 64.5 Å². The van der Waals surface area contributed by atoms with E-state index in [1.54, 1.807) is 4.90 Å². The third-order valence-electron chi connectivity index (χ3n) is 9.15. The molecular weight excluding hydrogens is 515 g/mol. The molecule has 1 aromatic carbocycles. The molecule has 0 spiro atoms. The van der Waals surface area contributed by atoms with E-state index in [-0.39, 0.29) is 5.82 Å². The summed E-state index contributed by atoms with van der Waals surface area (Å²) < 4.78 is 19.4. The number of nitrogens with zero attached hydrogens (tertiary/aromatic N) is 5. The van der Waals surface area contributed by atoms with Crippen LogP contribution < -0.4 is 10.3 Å². The second-order valence-electron chi connectivity index (χ2n) is 11.9. The minimum absolute atomic E-state index is 0.172. The number of pyridine rings is 1. The largest absolute Gasteiger partial charge is 0.340 e. The van der Waals surface area contributed by atoms with Gasteiger partial charge in [-0.25, -0.2) is 4.39 Å². The van der Waals surface area contributed by atoms with Gasteiger partial charge in [-0.1, -0.05) is 19.1 Å². The first kappa shape index (κ1) is 26.3. The number of anilines is 1. The van der Waals surface area contributed by atoms with E-state index in [0.29, 0.717) is 43.2 Å². The zero-order chi connectivity index (χ0) is 28.2. The van der Waals surface area contributed by atoms with Crippen molar-refractivity contribution < 1.29 is 9.18 Å². The van der Waals surface area contributed by atoms with Gasteiger partial charge in [-0.2, -0.15) is 0 Å². The summed E-state index contributed by atoms with van der Waals surface area (Å²) in [4.78, 5) is 18.2. The summed E-state index contributed by atoms with van der Waals surface area (Å²) in [5, 5.41) is 8.46. The number of likely N-dealkylation sites (N-methyl/N-ethyl adjacent to an activating group) is 1. The molecule has 3 aromatic rings. The van der Waals surface area contributed by atoms with Crippen molar-refractivity contribution in [1.82, 2.24) is 24.8 Å². The first-order chi connectivity index (χ1) is 20.0. The van der Waals surface area contributed by atoms with Gasteiger partial charge in [0.2, 0.25) is 6.41 Å². The number of nitrogens with one attached hydrogen (secondary N) is 1. The molecule has 41 heavy (non-hydrogen) atoms. The average Bonchev–Trinajstić information content (AvgIpc) is 3.45. The first-order valence-corrected chi connectivity index (χ1v) is 15.2. The van der Waals surface area contributed by atoms with Crippen LogP contribution in [0.1, 0.15) is 50.2 Å². The Bertz CT molecular complexity index is 1600.